The highest BCUT2D eigenvalue weighted by molar-refractivity contribution is 6.05. The second kappa shape index (κ2) is 6.38. The van der Waals surface area contributed by atoms with Gasteiger partial charge in [0.1, 0.15) is 12.9 Å². The Morgan fingerprint density at radius 1 is 1.53 bits per heavy atom. The Labute approximate surface area is 111 Å². The Balaban J connectivity index is 1.92. The van der Waals surface area contributed by atoms with Gasteiger partial charge in [0.25, 0.3) is 0 Å². The van der Waals surface area contributed by atoms with Gasteiger partial charge in [0.2, 0.25) is 0 Å². The fourth-order valence-electron chi connectivity index (χ4n) is 1.70. The van der Waals surface area contributed by atoms with E-state index in [4.69, 9.17) is 4.84 Å². The van der Waals surface area contributed by atoms with Crippen LogP contribution in [-0.2, 0) is 4.84 Å². The number of alkyl halides is 1. The lowest BCUT2D eigenvalue weighted by Crippen LogP contribution is -2.24. The van der Waals surface area contributed by atoms with Gasteiger partial charge in [0.05, 0.1) is 11.4 Å². The molecule has 0 radical (unpaired) electrons. The predicted octanol–water partition coefficient (Wildman–Crippen LogP) is 1.86. The third kappa shape index (κ3) is 3.57. The van der Waals surface area contributed by atoms with Crippen LogP contribution in [0.15, 0.2) is 23.8 Å². The average Bonchev–Trinajstić information content (AvgIpc) is 2.43. The van der Waals surface area contributed by atoms with Gasteiger partial charge in [-0.15, -0.1) is 0 Å². The first-order chi connectivity index (χ1) is 9.18. The topological polar surface area (TPSA) is 50.6 Å². The van der Waals surface area contributed by atoms with Gasteiger partial charge < -0.3 is 4.84 Å². The largest absolute Gasteiger partial charge is 0.395 e. The molecular formula is C13H17FN4O. The SMILES string of the molecule is CN(C)C(F)CCON=C1CC=Cc2ncncc21. The highest BCUT2D eigenvalue weighted by Crippen LogP contribution is 2.16. The zero-order valence-corrected chi connectivity index (χ0v) is 11.1. The van der Waals surface area contributed by atoms with E-state index in [2.05, 4.69) is 15.1 Å². The van der Waals surface area contributed by atoms with Gasteiger partial charge in [-0.2, -0.15) is 0 Å². The molecule has 0 fully saturated rings. The van der Waals surface area contributed by atoms with Gasteiger partial charge >= 0.3 is 0 Å². The minimum Gasteiger partial charge on any atom is -0.395 e. The first-order valence-electron chi connectivity index (χ1n) is 6.14. The summed E-state index contributed by atoms with van der Waals surface area (Å²) in [6.45, 7) is 0.246. The molecule has 102 valence electrons. The standard InChI is InChI=1S/C13H17FN4O/c1-18(2)13(14)6-7-19-17-12-5-3-4-11-10(12)8-15-9-16-11/h3-4,8-9,13H,5-7H2,1-2H3. The summed E-state index contributed by atoms with van der Waals surface area (Å²) in [7, 11) is 3.38. The molecule has 0 aromatic carbocycles. The molecule has 0 amide bonds. The number of oxime groups is 1. The van der Waals surface area contributed by atoms with Crippen LogP contribution < -0.4 is 0 Å². The lowest BCUT2D eigenvalue weighted by molar-refractivity contribution is 0.0678. The normalized spacial score (nSPS) is 17.6. The molecule has 19 heavy (non-hydrogen) atoms. The zero-order valence-electron chi connectivity index (χ0n) is 11.1. The third-order valence-corrected chi connectivity index (χ3v) is 2.82. The Morgan fingerprint density at radius 3 is 3.16 bits per heavy atom. The van der Waals surface area contributed by atoms with Gasteiger partial charge in [-0.1, -0.05) is 11.2 Å². The molecule has 1 atom stereocenters. The van der Waals surface area contributed by atoms with Crippen LogP contribution in [0.5, 0.6) is 0 Å². The molecule has 0 aliphatic heterocycles. The van der Waals surface area contributed by atoms with E-state index >= 15 is 0 Å². The molecule has 2 rings (SSSR count). The maximum atomic E-state index is 13.3. The molecular weight excluding hydrogens is 247 g/mol. The second-order valence-electron chi connectivity index (χ2n) is 4.49. The van der Waals surface area contributed by atoms with Crippen molar-refractivity contribution < 1.29 is 9.23 Å². The van der Waals surface area contributed by atoms with Crippen molar-refractivity contribution >= 4 is 11.8 Å². The average molecular weight is 264 g/mol. The molecule has 1 heterocycles. The summed E-state index contributed by atoms with van der Waals surface area (Å²) >= 11 is 0. The number of rotatable bonds is 5. The maximum absolute atomic E-state index is 13.3. The highest BCUT2D eigenvalue weighted by atomic mass is 19.1. The van der Waals surface area contributed by atoms with Crippen LogP contribution >= 0.6 is 0 Å². The highest BCUT2D eigenvalue weighted by Gasteiger charge is 2.13. The van der Waals surface area contributed by atoms with E-state index in [0.717, 1.165) is 17.0 Å². The van der Waals surface area contributed by atoms with E-state index in [1.807, 2.05) is 12.2 Å². The molecule has 0 N–H and O–H groups in total. The number of hydrogen-bond donors (Lipinski definition) is 0. The maximum Gasteiger partial charge on any atom is 0.156 e. The van der Waals surface area contributed by atoms with Crippen molar-refractivity contribution in [2.45, 2.75) is 19.1 Å². The number of halogens is 1. The fourth-order valence-corrected chi connectivity index (χ4v) is 1.70. The Hall–Kier alpha value is -1.82. The van der Waals surface area contributed by atoms with Gasteiger partial charge in [0, 0.05) is 24.6 Å². The van der Waals surface area contributed by atoms with E-state index in [-0.39, 0.29) is 13.0 Å². The summed E-state index contributed by atoms with van der Waals surface area (Å²) in [5, 5.41) is 4.06. The van der Waals surface area contributed by atoms with Crippen molar-refractivity contribution in [1.82, 2.24) is 14.9 Å². The number of fused-ring (bicyclic) bond motifs is 1. The van der Waals surface area contributed by atoms with E-state index in [0.29, 0.717) is 6.42 Å². The molecule has 0 spiro atoms. The lowest BCUT2D eigenvalue weighted by Gasteiger charge is -2.15. The second-order valence-corrected chi connectivity index (χ2v) is 4.49. The minimum atomic E-state index is -1.01. The van der Waals surface area contributed by atoms with E-state index in [1.165, 1.54) is 11.2 Å². The Morgan fingerprint density at radius 2 is 2.37 bits per heavy atom. The molecule has 1 unspecified atom stereocenters. The van der Waals surface area contributed by atoms with Crippen LogP contribution in [0.1, 0.15) is 24.1 Å². The van der Waals surface area contributed by atoms with E-state index < -0.39 is 6.30 Å². The molecule has 0 bridgehead atoms. The van der Waals surface area contributed by atoms with Gasteiger partial charge in [-0.05, 0) is 20.2 Å². The Kier molecular flexibility index (Phi) is 4.57. The van der Waals surface area contributed by atoms with Crippen molar-refractivity contribution in [3.8, 4) is 0 Å². The van der Waals surface area contributed by atoms with Crippen LogP contribution in [0, 0.1) is 0 Å². The lowest BCUT2D eigenvalue weighted by atomic mass is 10.0. The first kappa shape index (κ1) is 13.6. The van der Waals surface area contributed by atoms with Crippen LogP contribution in [-0.4, -0.2) is 47.6 Å². The summed E-state index contributed by atoms with van der Waals surface area (Å²) in [6.07, 6.45) is 7.06. The van der Waals surface area contributed by atoms with Crippen LogP contribution in [0.4, 0.5) is 4.39 Å². The van der Waals surface area contributed by atoms with Gasteiger partial charge in [-0.25, -0.2) is 14.4 Å². The summed E-state index contributed by atoms with van der Waals surface area (Å²) in [5.41, 5.74) is 2.48. The first-order valence-corrected chi connectivity index (χ1v) is 6.14. The minimum absolute atomic E-state index is 0.246. The van der Waals surface area contributed by atoms with E-state index in [1.54, 1.807) is 20.3 Å². The van der Waals surface area contributed by atoms with Crippen LogP contribution in [0.25, 0.3) is 6.08 Å². The van der Waals surface area contributed by atoms with Crippen molar-refractivity contribution in [2.75, 3.05) is 20.7 Å². The molecule has 6 heteroatoms. The van der Waals surface area contributed by atoms with Crippen molar-refractivity contribution in [3.63, 3.8) is 0 Å². The van der Waals surface area contributed by atoms with Gasteiger partial charge in [-0.3, -0.25) is 4.90 Å². The fraction of sp³-hybridized carbons (Fsp3) is 0.462. The number of allylic oxidation sites excluding steroid dienone is 1. The number of aromatic nitrogens is 2. The van der Waals surface area contributed by atoms with E-state index in [9.17, 15) is 4.39 Å². The smallest absolute Gasteiger partial charge is 0.156 e. The summed E-state index contributed by atoms with van der Waals surface area (Å²) < 4.78 is 13.3. The van der Waals surface area contributed by atoms with Crippen molar-refractivity contribution in [2.24, 2.45) is 5.16 Å². The third-order valence-electron chi connectivity index (χ3n) is 2.82. The predicted molar refractivity (Wildman–Crippen MR) is 71.4 cm³/mol. The summed E-state index contributed by atoms with van der Waals surface area (Å²) in [5.74, 6) is 0. The molecule has 1 aliphatic rings. The quantitative estimate of drug-likeness (QED) is 0.463. The molecule has 0 saturated heterocycles. The molecule has 5 nitrogen and oxygen atoms in total. The van der Waals surface area contributed by atoms with Crippen molar-refractivity contribution in [3.05, 3.63) is 29.9 Å². The zero-order chi connectivity index (χ0) is 13.7. The summed E-state index contributed by atoms with van der Waals surface area (Å²) in [6, 6.07) is 0. The molecule has 1 aliphatic carbocycles. The van der Waals surface area contributed by atoms with Crippen LogP contribution in [0.2, 0.25) is 0 Å². The molecule has 0 saturated carbocycles. The molecule has 1 aromatic heterocycles. The van der Waals surface area contributed by atoms with Crippen LogP contribution in [0.3, 0.4) is 0 Å². The number of hydrogen-bond acceptors (Lipinski definition) is 5. The van der Waals surface area contributed by atoms with Crippen molar-refractivity contribution in [1.29, 1.82) is 0 Å². The summed E-state index contributed by atoms with van der Waals surface area (Å²) in [4.78, 5) is 14.8. The molecule has 1 aromatic rings. The number of nitrogens with zero attached hydrogens (tertiary/aromatic N) is 4. The Bertz CT molecular complexity index is 487. The monoisotopic (exact) mass is 264 g/mol. The van der Waals surface area contributed by atoms with Gasteiger partial charge in [0.15, 0.2) is 6.30 Å².